The van der Waals surface area contributed by atoms with Gasteiger partial charge in [0.15, 0.2) is 0 Å². The average Bonchev–Trinajstić information content (AvgIpc) is 2.71. The summed E-state index contributed by atoms with van der Waals surface area (Å²) in [5.41, 5.74) is 8.62. The van der Waals surface area contributed by atoms with Crippen molar-refractivity contribution in [1.29, 1.82) is 0 Å². The summed E-state index contributed by atoms with van der Waals surface area (Å²) in [6.07, 6.45) is -0.477. The van der Waals surface area contributed by atoms with Gasteiger partial charge >= 0.3 is 0 Å². The third-order valence-electron chi connectivity index (χ3n) is 3.98. The Kier molecular flexibility index (Phi) is 4.58. The van der Waals surface area contributed by atoms with Crippen LogP contribution in [0, 0.1) is 6.92 Å². The Morgan fingerprint density at radius 1 is 1.21 bits per heavy atom. The highest BCUT2D eigenvalue weighted by atomic mass is 16.3. The summed E-state index contributed by atoms with van der Waals surface area (Å²) in [6.45, 7) is 5.08. The van der Waals surface area contributed by atoms with Crippen LogP contribution in [0.2, 0.25) is 0 Å². The molecule has 0 spiro atoms. The maximum atomic E-state index is 9.73. The molecule has 1 aliphatic rings. The molecule has 4 N–H and O–H groups in total. The zero-order valence-corrected chi connectivity index (χ0v) is 11.7. The lowest BCUT2D eigenvalue weighted by Gasteiger charge is -2.32. The number of nitrogens with two attached hydrogens (primary N) is 1. The number of β-amino-alcohol motifs (C(OH)–C–C–N with tert-alkyl or cyclic N) is 2. The molecule has 0 amide bonds. The smallest absolute Gasteiger partial charge is 0.0938 e. The van der Waals surface area contributed by atoms with Crippen molar-refractivity contribution in [3.05, 3.63) is 35.4 Å². The van der Waals surface area contributed by atoms with Crippen molar-refractivity contribution in [2.45, 2.75) is 44.6 Å². The molecular formula is C15H24N2O2. The van der Waals surface area contributed by atoms with E-state index in [9.17, 15) is 10.2 Å². The Balaban J connectivity index is 2.24. The van der Waals surface area contributed by atoms with Gasteiger partial charge in [-0.05, 0) is 18.9 Å². The minimum absolute atomic E-state index is 0.000191. The van der Waals surface area contributed by atoms with Crippen molar-refractivity contribution in [1.82, 2.24) is 4.90 Å². The summed E-state index contributed by atoms with van der Waals surface area (Å²) in [5.74, 6) is 0. The number of hydrogen-bond acceptors (Lipinski definition) is 4. The van der Waals surface area contributed by atoms with Crippen LogP contribution in [0.5, 0.6) is 0 Å². The van der Waals surface area contributed by atoms with Crippen LogP contribution >= 0.6 is 0 Å². The molecule has 0 aromatic heterocycles. The molecule has 1 saturated heterocycles. The Bertz CT molecular complexity index is 397. The van der Waals surface area contributed by atoms with Crippen LogP contribution in [0.15, 0.2) is 24.3 Å². The largest absolute Gasteiger partial charge is 0.389 e. The van der Waals surface area contributed by atoms with Gasteiger partial charge in [0.2, 0.25) is 0 Å². The first kappa shape index (κ1) is 14.5. The lowest BCUT2D eigenvalue weighted by molar-refractivity contribution is 0.0572. The molecule has 1 aliphatic heterocycles. The predicted octanol–water partition coefficient (Wildman–Crippen LogP) is 0.811. The highest BCUT2D eigenvalue weighted by Crippen LogP contribution is 2.29. The Morgan fingerprint density at radius 2 is 1.74 bits per heavy atom. The quantitative estimate of drug-likeness (QED) is 0.753. The molecule has 1 fully saturated rings. The molecule has 2 rings (SSSR count). The van der Waals surface area contributed by atoms with Crippen molar-refractivity contribution in [3.8, 4) is 0 Å². The number of aliphatic hydroxyl groups is 2. The topological polar surface area (TPSA) is 69.7 Å². The monoisotopic (exact) mass is 264 g/mol. The van der Waals surface area contributed by atoms with Crippen LogP contribution in [0.25, 0.3) is 0 Å². The molecule has 1 aromatic carbocycles. The molecule has 4 atom stereocenters. The highest BCUT2D eigenvalue weighted by molar-refractivity contribution is 5.25. The van der Waals surface area contributed by atoms with E-state index in [0.29, 0.717) is 13.1 Å². The van der Waals surface area contributed by atoms with E-state index in [-0.39, 0.29) is 12.1 Å². The zero-order chi connectivity index (χ0) is 14.0. The number of benzene rings is 1. The predicted molar refractivity (Wildman–Crippen MR) is 75.8 cm³/mol. The van der Waals surface area contributed by atoms with Crippen molar-refractivity contribution in [2.24, 2.45) is 5.73 Å². The van der Waals surface area contributed by atoms with Crippen LogP contribution < -0.4 is 5.73 Å². The molecule has 4 heteroatoms. The van der Waals surface area contributed by atoms with Crippen molar-refractivity contribution in [2.75, 3.05) is 13.1 Å². The molecule has 106 valence electrons. The lowest BCUT2D eigenvalue weighted by Crippen LogP contribution is -2.40. The Labute approximate surface area is 114 Å². The van der Waals surface area contributed by atoms with Crippen LogP contribution in [-0.2, 0) is 0 Å². The fraction of sp³-hybridized carbons (Fsp3) is 0.600. The van der Waals surface area contributed by atoms with Gasteiger partial charge < -0.3 is 15.9 Å². The van der Waals surface area contributed by atoms with E-state index in [4.69, 9.17) is 5.73 Å². The lowest BCUT2D eigenvalue weighted by atomic mass is 9.96. The van der Waals surface area contributed by atoms with Crippen molar-refractivity contribution in [3.63, 3.8) is 0 Å². The molecule has 0 saturated carbocycles. The molecule has 4 nitrogen and oxygen atoms in total. The maximum Gasteiger partial charge on any atom is 0.0938 e. The first-order chi connectivity index (χ1) is 9.02. The van der Waals surface area contributed by atoms with E-state index >= 15 is 0 Å². The van der Waals surface area contributed by atoms with E-state index in [1.807, 2.05) is 0 Å². The summed E-state index contributed by atoms with van der Waals surface area (Å²) >= 11 is 0. The minimum atomic E-state index is -0.669. The first-order valence-electron chi connectivity index (χ1n) is 6.95. The summed E-state index contributed by atoms with van der Waals surface area (Å²) in [4.78, 5) is 2.09. The molecular weight excluding hydrogens is 240 g/mol. The molecule has 0 aliphatic carbocycles. The van der Waals surface area contributed by atoms with Crippen molar-refractivity contribution < 1.29 is 10.2 Å². The van der Waals surface area contributed by atoms with Gasteiger partial charge in [-0.2, -0.15) is 0 Å². The van der Waals surface area contributed by atoms with Gasteiger partial charge in [-0.25, -0.2) is 0 Å². The van der Waals surface area contributed by atoms with Crippen molar-refractivity contribution >= 4 is 0 Å². The Morgan fingerprint density at radius 3 is 2.21 bits per heavy atom. The molecule has 1 heterocycles. The summed E-state index contributed by atoms with van der Waals surface area (Å²) < 4.78 is 0. The van der Waals surface area contributed by atoms with Gasteiger partial charge in [0, 0.05) is 19.1 Å². The number of likely N-dealkylation sites (tertiary alicyclic amines) is 1. The standard InChI is InChI=1S/C15H24N2O2/c1-3-12(16)15(11-6-4-10(2)5-7-11)17-8-13(18)14(19)9-17/h4-7,12-15,18-19H,3,8-9,16H2,1-2H3. The van der Waals surface area contributed by atoms with E-state index < -0.39 is 12.2 Å². The van der Waals surface area contributed by atoms with Crippen LogP contribution in [0.3, 0.4) is 0 Å². The summed E-state index contributed by atoms with van der Waals surface area (Å²) in [5, 5.41) is 19.5. The van der Waals surface area contributed by atoms with Crippen LogP contribution in [-0.4, -0.2) is 46.5 Å². The number of aryl methyl sites for hydroxylation is 1. The van der Waals surface area contributed by atoms with E-state index in [0.717, 1.165) is 12.0 Å². The maximum absolute atomic E-state index is 9.73. The van der Waals surface area contributed by atoms with Crippen LogP contribution in [0.4, 0.5) is 0 Å². The van der Waals surface area contributed by atoms with Crippen LogP contribution in [0.1, 0.15) is 30.5 Å². The molecule has 4 unspecified atom stereocenters. The molecule has 1 aromatic rings. The van der Waals surface area contributed by atoms with E-state index in [1.54, 1.807) is 0 Å². The van der Waals surface area contributed by atoms with Gasteiger partial charge in [0.25, 0.3) is 0 Å². The third-order valence-corrected chi connectivity index (χ3v) is 3.98. The van der Waals surface area contributed by atoms with E-state index in [2.05, 4.69) is 43.0 Å². The minimum Gasteiger partial charge on any atom is -0.389 e. The van der Waals surface area contributed by atoms with E-state index in [1.165, 1.54) is 5.56 Å². The number of rotatable bonds is 4. The Hall–Kier alpha value is -0.940. The first-order valence-corrected chi connectivity index (χ1v) is 6.95. The molecule has 19 heavy (non-hydrogen) atoms. The highest BCUT2D eigenvalue weighted by Gasteiger charge is 2.36. The van der Waals surface area contributed by atoms with Gasteiger partial charge in [0.05, 0.1) is 18.2 Å². The van der Waals surface area contributed by atoms with Gasteiger partial charge in [-0.15, -0.1) is 0 Å². The number of hydrogen-bond donors (Lipinski definition) is 3. The van der Waals surface area contributed by atoms with Gasteiger partial charge in [-0.1, -0.05) is 36.8 Å². The normalized spacial score (nSPS) is 27.4. The SMILES string of the molecule is CCC(N)C(c1ccc(C)cc1)N1CC(O)C(O)C1. The third kappa shape index (κ3) is 3.15. The average molecular weight is 264 g/mol. The fourth-order valence-electron chi connectivity index (χ4n) is 2.74. The number of nitrogens with zero attached hydrogens (tertiary/aromatic N) is 1. The second-order valence-electron chi connectivity index (χ2n) is 5.52. The zero-order valence-electron chi connectivity index (χ0n) is 11.7. The second kappa shape index (κ2) is 6.01. The number of aliphatic hydroxyl groups excluding tert-OH is 2. The summed E-state index contributed by atoms with van der Waals surface area (Å²) in [7, 11) is 0. The molecule has 0 radical (unpaired) electrons. The van der Waals surface area contributed by atoms with Gasteiger partial charge in [-0.3, -0.25) is 4.90 Å². The second-order valence-corrected chi connectivity index (χ2v) is 5.52. The fourth-order valence-corrected chi connectivity index (χ4v) is 2.74. The summed E-state index contributed by atoms with van der Waals surface area (Å²) in [6, 6.07) is 8.39. The van der Waals surface area contributed by atoms with Gasteiger partial charge in [0.1, 0.15) is 0 Å². The molecule has 0 bridgehead atoms.